The molecule has 2 heterocycles. The van der Waals surface area contributed by atoms with E-state index < -0.39 is 0 Å². The molecule has 0 radical (unpaired) electrons. The van der Waals surface area contributed by atoms with E-state index in [9.17, 15) is 4.79 Å². The second kappa shape index (κ2) is 10.3. The van der Waals surface area contributed by atoms with Gasteiger partial charge < -0.3 is 14.4 Å². The first kappa shape index (κ1) is 23.2. The lowest BCUT2D eigenvalue weighted by Gasteiger charge is -2.29. The molecule has 2 aromatic rings. The molecule has 2 fully saturated rings. The van der Waals surface area contributed by atoms with Crippen LogP contribution in [0, 0.1) is 18.8 Å². The molecule has 1 amide bonds. The lowest BCUT2D eigenvalue weighted by atomic mass is 9.85. The van der Waals surface area contributed by atoms with Gasteiger partial charge in [0.25, 0.3) is 0 Å². The molecule has 2 aliphatic rings. The van der Waals surface area contributed by atoms with Crippen molar-refractivity contribution >= 4 is 6.09 Å². The van der Waals surface area contributed by atoms with Gasteiger partial charge in [0.15, 0.2) is 0 Å². The highest BCUT2D eigenvalue weighted by atomic mass is 16.6. The van der Waals surface area contributed by atoms with E-state index in [2.05, 4.69) is 26.9 Å². The Hall–Kier alpha value is -2.97. The van der Waals surface area contributed by atoms with Crippen molar-refractivity contribution in [3.8, 4) is 17.3 Å². The zero-order valence-corrected chi connectivity index (χ0v) is 19.9. The number of rotatable bonds is 8. The Morgan fingerprint density at radius 3 is 2.79 bits per heavy atom. The summed E-state index contributed by atoms with van der Waals surface area (Å²) in [4.78, 5) is 23.2. The molecular weight excluding hydrogens is 420 g/mol. The Kier molecular flexibility index (Phi) is 7.25. The molecule has 178 valence electrons. The van der Waals surface area contributed by atoms with Gasteiger partial charge in [0.05, 0.1) is 6.20 Å². The van der Waals surface area contributed by atoms with Gasteiger partial charge in [-0.3, -0.25) is 0 Å². The quantitative estimate of drug-likeness (QED) is 0.555. The van der Waals surface area contributed by atoms with Gasteiger partial charge in [0.1, 0.15) is 35.5 Å². The summed E-state index contributed by atoms with van der Waals surface area (Å²) in [5.41, 5.74) is 2.50. The highest BCUT2D eigenvalue weighted by Crippen LogP contribution is 2.30. The van der Waals surface area contributed by atoms with Gasteiger partial charge in [-0.25, -0.2) is 19.4 Å². The van der Waals surface area contributed by atoms with Crippen LogP contribution in [0.2, 0.25) is 0 Å². The number of ether oxygens (including phenoxy) is 2. The molecule has 0 N–H and O–H groups in total. The van der Waals surface area contributed by atoms with Crippen LogP contribution in [-0.2, 0) is 18.4 Å². The number of aryl methyl sites for hydroxylation is 2. The summed E-state index contributed by atoms with van der Waals surface area (Å²) >= 11 is 0. The van der Waals surface area contributed by atoms with E-state index >= 15 is 0 Å². The van der Waals surface area contributed by atoms with Crippen molar-refractivity contribution in [3.05, 3.63) is 30.2 Å². The molecule has 9 nitrogen and oxygen atoms in total. The van der Waals surface area contributed by atoms with E-state index in [4.69, 9.17) is 9.47 Å². The van der Waals surface area contributed by atoms with Gasteiger partial charge in [0, 0.05) is 20.6 Å². The number of hydrogen-bond donors (Lipinski definition) is 0. The van der Waals surface area contributed by atoms with Crippen LogP contribution in [0.3, 0.4) is 0 Å². The summed E-state index contributed by atoms with van der Waals surface area (Å²) in [5.74, 6) is 1.63. The third-order valence-corrected chi connectivity index (χ3v) is 6.77. The molecule has 2 atom stereocenters. The van der Waals surface area contributed by atoms with Crippen LogP contribution >= 0.6 is 0 Å². The van der Waals surface area contributed by atoms with Crippen LogP contribution in [0.5, 0.6) is 5.88 Å². The number of carbonyl (C=O) groups excluding carboxylic acids is 1. The lowest BCUT2D eigenvalue weighted by molar-refractivity contribution is 0.0913. The second-order valence-electron chi connectivity index (χ2n) is 9.29. The average molecular weight is 455 g/mol. The molecular formula is C24H34N6O3. The summed E-state index contributed by atoms with van der Waals surface area (Å²) < 4.78 is 13.3. The van der Waals surface area contributed by atoms with Gasteiger partial charge in [-0.1, -0.05) is 17.7 Å². The maximum absolute atomic E-state index is 12.4. The van der Waals surface area contributed by atoms with Crippen LogP contribution in [0.4, 0.5) is 4.79 Å². The third-order valence-electron chi connectivity index (χ3n) is 6.77. The van der Waals surface area contributed by atoms with Gasteiger partial charge in [-0.2, -0.15) is 0 Å². The van der Waals surface area contributed by atoms with Crippen LogP contribution in [0.25, 0.3) is 11.4 Å². The molecule has 2 saturated carbocycles. The molecule has 0 bridgehead atoms. The minimum absolute atomic E-state index is 0.0661. The van der Waals surface area contributed by atoms with Gasteiger partial charge in [0.2, 0.25) is 5.88 Å². The standard InChI is InChI=1S/C24H34N6O3/c1-5-17-8-7-11-19(12-17)33-23-16(2)26-20(13-25-23)22-21(30(4)28-27-22)15-32-24(31)29(3)14-18-9-6-10-18/h5,13,17-19H,1,6-12,14-15H2,2-4H3/t17-,19-/m0/s1. The Morgan fingerprint density at radius 2 is 2.09 bits per heavy atom. The number of allylic oxidation sites excluding steroid dienone is 1. The smallest absolute Gasteiger partial charge is 0.409 e. The predicted molar refractivity (Wildman–Crippen MR) is 123 cm³/mol. The molecule has 2 aliphatic carbocycles. The molecule has 2 aromatic heterocycles. The van der Waals surface area contributed by atoms with Crippen molar-refractivity contribution < 1.29 is 14.3 Å². The zero-order valence-electron chi connectivity index (χ0n) is 19.9. The molecule has 0 spiro atoms. The van der Waals surface area contributed by atoms with Crippen molar-refractivity contribution in [2.45, 2.75) is 64.6 Å². The van der Waals surface area contributed by atoms with E-state index in [-0.39, 0.29) is 18.8 Å². The van der Waals surface area contributed by atoms with Gasteiger partial charge >= 0.3 is 6.09 Å². The Bertz CT molecular complexity index is 987. The van der Waals surface area contributed by atoms with Crippen molar-refractivity contribution in [1.29, 1.82) is 0 Å². The highest BCUT2D eigenvalue weighted by Gasteiger charge is 2.25. The summed E-state index contributed by atoms with van der Waals surface area (Å²) in [7, 11) is 3.55. The second-order valence-corrected chi connectivity index (χ2v) is 9.29. The lowest BCUT2D eigenvalue weighted by Crippen LogP contribution is -2.34. The molecule has 0 aliphatic heterocycles. The first-order chi connectivity index (χ1) is 15.9. The molecule has 33 heavy (non-hydrogen) atoms. The number of carbonyl (C=O) groups is 1. The fraction of sp³-hybridized carbons (Fsp3) is 0.625. The average Bonchev–Trinajstić information content (AvgIpc) is 3.16. The van der Waals surface area contributed by atoms with Crippen LogP contribution in [-0.4, -0.2) is 55.7 Å². The van der Waals surface area contributed by atoms with Crippen LogP contribution in [0.1, 0.15) is 56.3 Å². The summed E-state index contributed by atoms with van der Waals surface area (Å²) in [5, 5.41) is 8.34. The van der Waals surface area contributed by atoms with Crippen LogP contribution < -0.4 is 4.74 Å². The maximum Gasteiger partial charge on any atom is 0.409 e. The third kappa shape index (κ3) is 5.51. The number of hydrogen-bond acceptors (Lipinski definition) is 7. The molecule has 0 unspecified atom stereocenters. The Balaban J connectivity index is 1.41. The molecule has 9 heteroatoms. The predicted octanol–water partition coefficient (Wildman–Crippen LogP) is 4.07. The normalized spacial score (nSPS) is 20.7. The van der Waals surface area contributed by atoms with Gasteiger partial charge in [-0.05, 0) is 57.3 Å². The van der Waals surface area contributed by atoms with Gasteiger partial charge in [-0.15, -0.1) is 11.7 Å². The zero-order chi connectivity index (χ0) is 23.4. The topological polar surface area (TPSA) is 95.3 Å². The van der Waals surface area contributed by atoms with E-state index in [0.717, 1.165) is 25.8 Å². The SMILES string of the molecule is C=C[C@H]1CCC[C@H](Oc2ncc(-c3nnn(C)c3COC(=O)N(C)CC3CCC3)nc2C)C1. The van der Waals surface area contributed by atoms with Crippen molar-refractivity contribution in [2.24, 2.45) is 18.9 Å². The number of nitrogens with zero attached hydrogens (tertiary/aromatic N) is 6. The van der Waals surface area contributed by atoms with E-state index in [0.29, 0.717) is 40.5 Å². The highest BCUT2D eigenvalue weighted by molar-refractivity contribution is 5.67. The summed E-state index contributed by atoms with van der Waals surface area (Å²) in [6, 6.07) is 0. The van der Waals surface area contributed by atoms with Crippen molar-refractivity contribution in [1.82, 2.24) is 29.9 Å². The maximum atomic E-state index is 12.4. The van der Waals surface area contributed by atoms with E-state index in [1.54, 1.807) is 29.9 Å². The molecule has 4 rings (SSSR count). The summed E-state index contributed by atoms with van der Waals surface area (Å²) in [6.45, 7) is 6.60. The van der Waals surface area contributed by atoms with Crippen molar-refractivity contribution in [2.75, 3.05) is 13.6 Å². The number of amides is 1. The minimum atomic E-state index is -0.342. The first-order valence-corrected chi connectivity index (χ1v) is 11.8. The number of aromatic nitrogens is 5. The fourth-order valence-corrected chi connectivity index (χ4v) is 4.48. The summed E-state index contributed by atoms with van der Waals surface area (Å²) in [6.07, 6.45) is 11.3. The molecule has 0 aromatic carbocycles. The van der Waals surface area contributed by atoms with E-state index in [1.165, 1.54) is 25.7 Å². The fourth-order valence-electron chi connectivity index (χ4n) is 4.48. The van der Waals surface area contributed by atoms with Crippen LogP contribution in [0.15, 0.2) is 18.9 Å². The largest absolute Gasteiger partial charge is 0.473 e. The Labute approximate surface area is 195 Å². The van der Waals surface area contributed by atoms with E-state index in [1.807, 2.05) is 13.0 Å². The first-order valence-electron chi connectivity index (χ1n) is 11.8. The minimum Gasteiger partial charge on any atom is -0.473 e. The monoisotopic (exact) mass is 454 g/mol. The Morgan fingerprint density at radius 1 is 1.30 bits per heavy atom. The van der Waals surface area contributed by atoms with Crippen molar-refractivity contribution in [3.63, 3.8) is 0 Å². The molecule has 0 saturated heterocycles.